The summed E-state index contributed by atoms with van der Waals surface area (Å²) in [5, 5.41) is 22.7. The topological polar surface area (TPSA) is 111 Å². The first-order chi connectivity index (χ1) is 21.9. The maximum Gasteiger partial charge on any atom is 0.264 e. The molecule has 4 aliphatic heterocycles. The molecule has 3 fully saturated rings. The number of tetrazole rings is 1. The first-order valence-electron chi connectivity index (χ1n) is 16.7. The lowest BCUT2D eigenvalue weighted by Gasteiger charge is -2.50. The summed E-state index contributed by atoms with van der Waals surface area (Å²) in [4.78, 5) is 19.2. The molecule has 2 N–H and O–H groups in total. The molecule has 0 radical (unpaired) electrons. The van der Waals surface area contributed by atoms with E-state index in [9.17, 15) is 13.6 Å². The average molecular weight is 621 g/mol. The first kappa shape index (κ1) is 29.0. The number of amides is 1. The van der Waals surface area contributed by atoms with Gasteiger partial charge in [0.2, 0.25) is 11.7 Å². The summed E-state index contributed by atoms with van der Waals surface area (Å²) in [6.45, 7) is 8.00. The number of piperidine rings is 1. The SMILES string of the molecule is CC(=O)N1CCc2c(c(N3CCCc4cc(-c5nn[nH]n5)c(C(F)F)cc43)nn2C2CCN(C3CCC4(CC3)CNC4)CC2)C1. The maximum atomic E-state index is 14.4. The predicted molar refractivity (Wildman–Crippen MR) is 164 cm³/mol. The molecular weight excluding hydrogens is 578 g/mol. The molecule has 2 saturated heterocycles. The lowest BCUT2D eigenvalue weighted by atomic mass is 9.68. The zero-order chi connectivity index (χ0) is 30.7. The van der Waals surface area contributed by atoms with Crippen LogP contribution in [0.15, 0.2) is 12.1 Å². The molecule has 3 aromatic rings. The summed E-state index contributed by atoms with van der Waals surface area (Å²) < 4.78 is 31.1. The number of carbonyl (C=O) groups excluding carboxylic acids is 1. The third-order valence-corrected chi connectivity index (χ3v) is 11.3. The number of alkyl halides is 2. The van der Waals surface area contributed by atoms with Crippen LogP contribution in [0.1, 0.15) is 86.7 Å². The number of aryl methyl sites for hydroxylation is 1. The van der Waals surface area contributed by atoms with E-state index in [1.807, 2.05) is 4.90 Å². The van der Waals surface area contributed by atoms with E-state index in [4.69, 9.17) is 5.10 Å². The highest BCUT2D eigenvalue weighted by Gasteiger charge is 2.42. The van der Waals surface area contributed by atoms with Crippen LogP contribution < -0.4 is 10.2 Å². The Morgan fingerprint density at radius 3 is 2.49 bits per heavy atom. The Hall–Kier alpha value is -3.45. The van der Waals surface area contributed by atoms with Crippen molar-refractivity contribution in [3.05, 3.63) is 34.5 Å². The van der Waals surface area contributed by atoms with Crippen molar-refractivity contribution >= 4 is 17.4 Å². The van der Waals surface area contributed by atoms with Crippen LogP contribution in [0.5, 0.6) is 0 Å². The third-order valence-electron chi connectivity index (χ3n) is 11.3. The van der Waals surface area contributed by atoms with Gasteiger partial charge in [-0.05, 0) is 79.7 Å². The van der Waals surface area contributed by atoms with Gasteiger partial charge in [-0.25, -0.2) is 8.78 Å². The summed E-state index contributed by atoms with van der Waals surface area (Å²) in [6, 6.07) is 4.37. The van der Waals surface area contributed by atoms with E-state index in [1.165, 1.54) is 44.5 Å². The van der Waals surface area contributed by atoms with Gasteiger partial charge in [0.1, 0.15) is 0 Å². The standard InChI is InChI=1S/C32H42F2N10O/c1-20(45)42-14-8-27-26(17-42)31(38-44(27)23-6-12-41(13-7-23)22-4-9-32(10-5-22)18-35-19-32)43-11-2-3-21-15-25(30-36-39-40-37-30)24(29(33)34)16-28(21)43/h15-16,22-23,29,35H,2-14,17-19H2,1H3,(H,36,37,39,40). The molecule has 5 aliphatic rings. The van der Waals surface area contributed by atoms with Crippen molar-refractivity contribution in [2.45, 2.75) is 89.8 Å². The number of fused-ring (bicyclic) bond motifs is 2. The Morgan fingerprint density at radius 1 is 1.02 bits per heavy atom. The second-order valence-corrected chi connectivity index (χ2v) is 13.8. The number of nitrogens with zero attached hydrogens (tertiary/aromatic N) is 8. The average Bonchev–Trinajstić information content (AvgIpc) is 3.72. The van der Waals surface area contributed by atoms with Crippen molar-refractivity contribution < 1.29 is 13.6 Å². The number of anilines is 2. The zero-order valence-electron chi connectivity index (χ0n) is 25.9. The number of aromatic amines is 1. The summed E-state index contributed by atoms with van der Waals surface area (Å²) in [7, 11) is 0. The van der Waals surface area contributed by atoms with E-state index in [1.54, 1.807) is 19.1 Å². The normalized spacial score (nSPS) is 22.5. The van der Waals surface area contributed by atoms with Gasteiger partial charge >= 0.3 is 0 Å². The molecule has 45 heavy (non-hydrogen) atoms. The molecule has 13 heteroatoms. The fourth-order valence-corrected chi connectivity index (χ4v) is 8.64. The molecule has 1 amide bonds. The number of carbonyl (C=O) groups is 1. The van der Waals surface area contributed by atoms with Crippen LogP contribution in [-0.2, 0) is 24.2 Å². The van der Waals surface area contributed by atoms with Gasteiger partial charge in [-0.3, -0.25) is 9.48 Å². The molecule has 2 aromatic heterocycles. The fourth-order valence-electron chi connectivity index (χ4n) is 8.64. The third kappa shape index (κ3) is 5.11. The van der Waals surface area contributed by atoms with Crippen molar-refractivity contribution in [1.82, 2.24) is 45.5 Å². The minimum absolute atomic E-state index is 0.0448. The largest absolute Gasteiger partial charge is 0.338 e. The molecule has 1 aliphatic carbocycles. The van der Waals surface area contributed by atoms with Gasteiger partial charge in [0, 0.05) is 86.7 Å². The molecule has 1 spiro atoms. The number of H-pyrrole nitrogens is 1. The molecule has 0 unspecified atom stereocenters. The number of hydrogen-bond acceptors (Lipinski definition) is 8. The molecule has 11 nitrogen and oxygen atoms in total. The molecule has 1 saturated carbocycles. The van der Waals surface area contributed by atoms with E-state index in [-0.39, 0.29) is 17.3 Å². The quantitative estimate of drug-likeness (QED) is 0.438. The predicted octanol–water partition coefficient (Wildman–Crippen LogP) is 4.16. The molecule has 6 heterocycles. The number of rotatable bonds is 5. The molecule has 0 bridgehead atoms. The Bertz CT molecular complexity index is 1550. The number of benzene rings is 1. The minimum atomic E-state index is -2.70. The van der Waals surface area contributed by atoms with Crippen LogP contribution in [0.3, 0.4) is 0 Å². The number of aromatic nitrogens is 6. The summed E-state index contributed by atoms with van der Waals surface area (Å²) in [5.74, 6) is 1.02. The van der Waals surface area contributed by atoms with E-state index in [0.29, 0.717) is 42.7 Å². The van der Waals surface area contributed by atoms with Crippen LogP contribution in [0, 0.1) is 5.41 Å². The molecule has 8 rings (SSSR count). The van der Waals surface area contributed by atoms with Gasteiger partial charge in [0.05, 0.1) is 12.6 Å². The molecular formula is C32H42F2N10O. The first-order valence-corrected chi connectivity index (χ1v) is 16.7. The minimum Gasteiger partial charge on any atom is -0.338 e. The number of nitrogens with one attached hydrogen (secondary N) is 2. The van der Waals surface area contributed by atoms with Crippen LogP contribution >= 0.6 is 0 Å². The lowest BCUT2D eigenvalue weighted by molar-refractivity contribution is -0.129. The van der Waals surface area contributed by atoms with Gasteiger partial charge in [0.25, 0.3) is 6.43 Å². The van der Waals surface area contributed by atoms with Crippen LogP contribution in [0.4, 0.5) is 20.3 Å². The van der Waals surface area contributed by atoms with Gasteiger partial charge in [-0.1, -0.05) is 0 Å². The fraction of sp³-hybridized carbons (Fsp3) is 0.656. The van der Waals surface area contributed by atoms with E-state index < -0.39 is 6.43 Å². The van der Waals surface area contributed by atoms with E-state index >= 15 is 0 Å². The summed E-state index contributed by atoms with van der Waals surface area (Å²) in [5.41, 5.74) is 4.73. The van der Waals surface area contributed by atoms with Crippen molar-refractivity contribution in [3.63, 3.8) is 0 Å². The Balaban J connectivity index is 1.09. The highest BCUT2D eigenvalue weighted by atomic mass is 19.3. The number of halogens is 2. The van der Waals surface area contributed by atoms with Crippen LogP contribution in [0.2, 0.25) is 0 Å². The highest BCUT2D eigenvalue weighted by molar-refractivity contribution is 5.77. The highest BCUT2D eigenvalue weighted by Crippen LogP contribution is 2.44. The van der Waals surface area contributed by atoms with Gasteiger partial charge in [-0.2, -0.15) is 10.3 Å². The lowest BCUT2D eigenvalue weighted by Crippen LogP contribution is -2.57. The van der Waals surface area contributed by atoms with Gasteiger partial charge in [0.15, 0.2) is 5.82 Å². The van der Waals surface area contributed by atoms with E-state index in [2.05, 4.69) is 40.4 Å². The zero-order valence-corrected chi connectivity index (χ0v) is 25.9. The van der Waals surface area contributed by atoms with Crippen molar-refractivity contribution in [2.24, 2.45) is 5.41 Å². The second-order valence-electron chi connectivity index (χ2n) is 13.8. The molecule has 240 valence electrons. The van der Waals surface area contributed by atoms with Crippen molar-refractivity contribution in [3.8, 4) is 11.4 Å². The Labute approximate surface area is 261 Å². The maximum absolute atomic E-state index is 14.4. The second kappa shape index (κ2) is 11.4. The summed E-state index contributed by atoms with van der Waals surface area (Å²) >= 11 is 0. The number of likely N-dealkylation sites (tertiary alicyclic amines) is 1. The van der Waals surface area contributed by atoms with Gasteiger partial charge < -0.3 is 20.0 Å². The van der Waals surface area contributed by atoms with Crippen molar-refractivity contribution in [1.29, 1.82) is 0 Å². The van der Waals surface area contributed by atoms with Crippen LogP contribution in [0.25, 0.3) is 11.4 Å². The monoisotopic (exact) mass is 620 g/mol. The smallest absolute Gasteiger partial charge is 0.264 e. The molecule has 0 atom stereocenters. The van der Waals surface area contributed by atoms with Crippen LogP contribution in [-0.4, -0.2) is 91.4 Å². The summed E-state index contributed by atoms with van der Waals surface area (Å²) in [6.07, 6.45) is 7.07. The Kier molecular flexibility index (Phi) is 7.35. The Morgan fingerprint density at radius 2 is 1.82 bits per heavy atom. The van der Waals surface area contributed by atoms with Crippen molar-refractivity contribution in [2.75, 3.05) is 44.2 Å². The van der Waals surface area contributed by atoms with Gasteiger partial charge in [-0.15, -0.1) is 10.2 Å². The number of hydrogen-bond donors (Lipinski definition) is 2. The van der Waals surface area contributed by atoms with E-state index in [0.717, 1.165) is 67.8 Å². The molecule has 1 aromatic carbocycles.